The van der Waals surface area contributed by atoms with Crippen LogP contribution in [0, 0.1) is 5.92 Å². The second kappa shape index (κ2) is 8.60. The predicted octanol–water partition coefficient (Wildman–Crippen LogP) is 3.09. The van der Waals surface area contributed by atoms with E-state index in [4.69, 9.17) is 0 Å². The van der Waals surface area contributed by atoms with E-state index in [1.54, 1.807) is 0 Å². The second-order valence-electron chi connectivity index (χ2n) is 6.76. The number of aliphatic imine (C=N–C) groups is 1. The summed E-state index contributed by atoms with van der Waals surface area (Å²) in [6, 6.07) is 10.7. The Labute approximate surface area is 151 Å². The van der Waals surface area contributed by atoms with Crippen LogP contribution in [0.5, 0.6) is 0 Å². The highest BCUT2D eigenvalue weighted by Crippen LogP contribution is 2.22. The van der Waals surface area contributed by atoms with Gasteiger partial charge >= 0.3 is 0 Å². The highest BCUT2D eigenvalue weighted by molar-refractivity contribution is 14.0. The third-order valence-electron chi connectivity index (χ3n) is 3.68. The molecule has 1 unspecified atom stereocenters. The number of nitrogens with one attached hydrogen (secondary N) is 2. The fourth-order valence-corrected chi connectivity index (χ4v) is 2.65. The topological polar surface area (TPSA) is 39.7 Å². The summed E-state index contributed by atoms with van der Waals surface area (Å²) in [5, 5.41) is 6.85. The number of benzene rings is 1. The number of halogens is 1. The zero-order chi connectivity index (χ0) is 15.3. The zero-order valence-electron chi connectivity index (χ0n) is 14.1. The zero-order valence-corrected chi connectivity index (χ0v) is 16.4. The molecule has 1 heterocycles. The average molecular weight is 416 g/mol. The molecule has 0 aliphatic carbocycles. The lowest BCUT2D eigenvalue weighted by Gasteiger charge is -2.25. The summed E-state index contributed by atoms with van der Waals surface area (Å²) in [6.45, 7) is 9.66. The maximum Gasteiger partial charge on any atom is 0.191 e. The Morgan fingerprint density at radius 1 is 1.27 bits per heavy atom. The van der Waals surface area contributed by atoms with Gasteiger partial charge in [0, 0.05) is 37.9 Å². The van der Waals surface area contributed by atoms with E-state index in [1.807, 2.05) is 7.05 Å². The fourth-order valence-electron chi connectivity index (χ4n) is 2.65. The molecule has 2 rings (SSSR count). The Morgan fingerprint density at radius 3 is 2.55 bits per heavy atom. The molecule has 0 saturated carbocycles. The van der Waals surface area contributed by atoms with Gasteiger partial charge in [0.25, 0.3) is 0 Å². The molecule has 5 heteroatoms. The number of anilines is 1. The molecule has 1 atom stereocenters. The molecule has 0 aromatic heterocycles. The third-order valence-corrected chi connectivity index (χ3v) is 3.68. The highest BCUT2D eigenvalue weighted by atomic mass is 127. The van der Waals surface area contributed by atoms with E-state index in [-0.39, 0.29) is 29.5 Å². The summed E-state index contributed by atoms with van der Waals surface area (Å²) >= 11 is 0. The molecule has 2 N–H and O–H groups in total. The van der Waals surface area contributed by atoms with Crippen molar-refractivity contribution in [2.24, 2.45) is 10.9 Å². The van der Waals surface area contributed by atoms with Crippen LogP contribution in [-0.4, -0.2) is 38.2 Å². The Balaban J connectivity index is 0.00000242. The van der Waals surface area contributed by atoms with Crippen LogP contribution in [0.3, 0.4) is 0 Å². The molecule has 0 amide bonds. The summed E-state index contributed by atoms with van der Waals surface area (Å²) in [4.78, 5) is 6.76. The Kier molecular flexibility index (Phi) is 7.45. The molecule has 1 aromatic rings. The van der Waals surface area contributed by atoms with E-state index >= 15 is 0 Å². The van der Waals surface area contributed by atoms with Crippen molar-refractivity contribution in [1.82, 2.24) is 10.6 Å². The molecule has 1 aliphatic rings. The highest BCUT2D eigenvalue weighted by Gasteiger charge is 2.23. The molecule has 1 saturated heterocycles. The lowest BCUT2D eigenvalue weighted by Crippen LogP contribution is -2.48. The lowest BCUT2D eigenvalue weighted by atomic mass is 10.1. The van der Waals surface area contributed by atoms with E-state index in [2.05, 4.69) is 71.6 Å². The molecule has 0 radical (unpaired) electrons. The molecule has 124 valence electrons. The van der Waals surface area contributed by atoms with Crippen molar-refractivity contribution in [3.63, 3.8) is 0 Å². The summed E-state index contributed by atoms with van der Waals surface area (Å²) in [5.41, 5.74) is 1.37. The molecule has 0 bridgehead atoms. The van der Waals surface area contributed by atoms with Gasteiger partial charge in [-0.3, -0.25) is 4.99 Å². The molecule has 1 aliphatic heterocycles. The maximum absolute atomic E-state index is 4.29. The second-order valence-corrected chi connectivity index (χ2v) is 6.76. The smallest absolute Gasteiger partial charge is 0.191 e. The first-order valence-corrected chi connectivity index (χ1v) is 7.77. The van der Waals surface area contributed by atoms with Gasteiger partial charge in [-0.15, -0.1) is 24.0 Å². The molecule has 1 fully saturated rings. The van der Waals surface area contributed by atoms with E-state index in [0.29, 0.717) is 5.92 Å². The van der Waals surface area contributed by atoms with Crippen LogP contribution in [-0.2, 0) is 0 Å². The van der Waals surface area contributed by atoms with Gasteiger partial charge in [-0.25, -0.2) is 0 Å². The van der Waals surface area contributed by atoms with Gasteiger partial charge < -0.3 is 15.5 Å². The summed E-state index contributed by atoms with van der Waals surface area (Å²) in [7, 11) is 1.83. The largest absolute Gasteiger partial charge is 0.371 e. The molecule has 1 aromatic carbocycles. The number of guanidine groups is 1. The van der Waals surface area contributed by atoms with Gasteiger partial charge in [0.1, 0.15) is 0 Å². The maximum atomic E-state index is 4.29. The van der Waals surface area contributed by atoms with Gasteiger partial charge in [0.15, 0.2) is 5.96 Å². The minimum absolute atomic E-state index is 0. The number of hydrogen-bond donors (Lipinski definition) is 2. The minimum Gasteiger partial charge on any atom is -0.371 e. The first-order valence-electron chi connectivity index (χ1n) is 7.77. The number of para-hydroxylation sites is 1. The van der Waals surface area contributed by atoms with Crippen molar-refractivity contribution >= 4 is 35.6 Å². The summed E-state index contributed by atoms with van der Waals surface area (Å²) in [6.07, 6.45) is 1.23. The quantitative estimate of drug-likeness (QED) is 0.452. The van der Waals surface area contributed by atoms with Gasteiger partial charge in [-0.1, -0.05) is 18.2 Å². The van der Waals surface area contributed by atoms with Gasteiger partial charge in [0.2, 0.25) is 0 Å². The van der Waals surface area contributed by atoms with Crippen molar-refractivity contribution in [2.45, 2.75) is 32.7 Å². The van der Waals surface area contributed by atoms with E-state index in [1.165, 1.54) is 12.1 Å². The van der Waals surface area contributed by atoms with Crippen molar-refractivity contribution in [1.29, 1.82) is 0 Å². The van der Waals surface area contributed by atoms with Crippen LogP contribution in [0.15, 0.2) is 35.3 Å². The van der Waals surface area contributed by atoms with Crippen molar-refractivity contribution in [2.75, 3.05) is 31.6 Å². The summed E-state index contributed by atoms with van der Waals surface area (Å²) in [5.74, 6) is 1.56. The predicted molar refractivity (Wildman–Crippen MR) is 106 cm³/mol. The van der Waals surface area contributed by atoms with Crippen LogP contribution in [0.25, 0.3) is 0 Å². The molecule has 4 nitrogen and oxygen atoms in total. The lowest BCUT2D eigenvalue weighted by molar-refractivity contribution is 0.491. The molecule has 22 heavy (non-hydrogen) atoms. The van der Waals surface area contributed by atoms with Crippen LogP contribution in [0.1, 0.15) is 27.2 Å². The third kappa shape index (κ3) is 6.02. The Bertz CT molecular complexity index is 467. The van der Waals surface area contributed by atoms with Crippen molar-refractivity contribution < 1.29 is 0 Å². The summed E-state index contributed by atoms with van der Waals surface area (Å²) < 4.78 is 0. The van der Waals surface area contributed by atoms with Crippen molar-refractivity contribution in [3.8, 4) is 0 Å². The van der Waals surface area contributed by atoms with Crippen molar-refractivity contribution in [3.05, 3.63) is 30.3 Å². The SMILES string of the molecule is CN=C(NCC1CCN(c2ccccc2)C1)NC(C)(C)C.I. The number of rotatable bonds is 3. The molecular formula is C17H29IN4. The van der Waals surface area contributed by atoms with Crippen LogP contribution in [0.2, 0.25) is 0 Å². The van der Waals surface area contributed by atoms with E-state index in [9.17, 15) is 0 Å². The first kappa shape index (κ1) is 19.1. The van der Waals surface area contributed by atoms with E-state index < -0.39 is 0 Å². The Hall–Kier alpha value is -0.980. The fraction of sp³-hybridized carbons (Fsp3) is 0.588. The monoisotopic (exact) mass is 416 g/mol. The normalized spacial score (nSPS) is 18.8. The number of nitrogens with zero attached hydrogens (tertiary/aromatic N) is 2. The van der Waals surface area contributed by atoms with E-state index in [0.717, 1.165) is 25.6 Å². The van der Waals surface area contributed by atoms with Crippen LogP contribution >= 0.6 is 24.0 Å². The molecule has 0 spiro atoms. The van der Waals surface area contributed by atoms with Gasteiger partial charge in [0.05, 0.1) is 0 Å². The standard InChI is InChI=1S/C17H28N4.HI/c1-17(2,3)20-16(18-4)19-12-14-10-11-21(13-14)15-8-6-5-7-9-15;/h5-9,14H,10-13H2,1-4H3,(H2,18,19,20);1H. The average Bonchev–Trinajstić information content (AvgIpc) is 2.92. The first-order chi connectivity index (χ1) is 9.98. The van der Waals surface area contributed by atoms with Crippen LogP contribution in [0.4, 0.5) is 5.69 Å². The van der Waals surface area contributed by atoms with Gasteiger partial charge in [-0.2, -0.15) is 0 Å². The molecular weight excluding hydrogens is 387 g/mol. The van der Waals surface area contributed by atoms with Crippen LogP contribution < -0.4 is 15.5 Å². The minimum atomic E-state index is 0. The van der Waals surface area contributed by atoms with Gasteiger partial charge in [-0.05, 0) is 45.2 Å². The number of hydrogen-bond acceptors (Lipinski definition) is 2. The Morgan fingerprint density at radius 2 is 1.95 bits per heavy atom.